The van der Waals surface area contributed by atoms with Crippen LogP contribution in [0.3, 0.4) is 0 Å². The second kappa shape index (κ2) is 6.47. The van der Waals surface area contributed by atoms with Crippen LogP contribution >= 0.6 is 15.9 Å². The molecule has 1 aromatic carbocycles. The maximum Gasteiger partial charge on any atom is 0.273 e. The third-order valence-electron chi connectivity index (χ3n) is 3.32. The molecule has 1 saturated heterocycles. The zero-order valence-corrected chi connectivity index (χ0v) is 12.3. The summed E-state index contributed by atoms with van der Waals surface area (Å²) in [6, 6.07) is 2.26. The third kappa shape index (κ3) is 3.25. The molecule has 0 amide bonds. The smallest absolute Gasteiger partial charge is 0.273 e. The first kappa shape index (κ1) is 15.1. The Morgan fingerprint density at radius 3 is 2.50 bits per heavy atom. The van der Waals surface area contributed by atoms with E-state index >= 15 is 0 Å². The van der Waals surface area contributed by atoms with Crippen molar-refractivity contribution in [2.75, 3.05) is 44.2 Å². The number of rotatable bonds is 4. The van der Waals surface area contributed by atoms with Gasteiger partial charge in [0.2, 0.25) is 0 Å². The highest BCUT2D eigenvalue weighted by Crippen LogP contribution is 2.33. The highest BCUT2D eigenvalue weighted by atomic mass is 79.9. The van der Waals surface area contributed by atoms with Crippen LogP contribution in [0.1, 0.15) is 0 Å². The number of nitrogens with zero attached hydrogens (tertiary/aromatic N) is 3. The fraction of sp³-hybridized carbons (Fsp3) is 0.500. The minimum Gasteiger partial charge on any atom is -0.395 e. The van der Waals surface area contributed by atoms with E-state index in [4.69, 9.17) is 5.11 Å². The molecular weight excluding hydrogens is 333 g/mol. The number of non-ortho nitro benzene ring substituents is 1. The topological polar surface area (TPSA) is 69.9 Å². The molecule has 0 bridgehead atoms. The molecule has 1 fully saturated rings. The van der Waals surface area contributed by atoms with Gasteiger partial charge in [0, 0.05) is 38.8 Å². The first-order valence-electron chi connectivity index (χ1n) is 6.24. The van der Waals surface area contributed by atoms with Crippen LogP contribution in [-0.2, 0) is 0 Å². The molecule has 0 aliphatic carbocycles. The summed E-state index contributed by atoms with van der Waals surface area (Å²) in [5.74, 6) is -0.596. The van der Waals surface area contributed by atoms with Crippen molar-refractivity contribution >= 4 is 27.3 Å². The maximum absolute atomic E-state index is 14.1. The van der Waals surface area contributed by atoms with Crippen LogP contribution in [0.4, 0.5) is 15.8 Å². The molecule has 110 valence electrons. The van der Waals surface area contributed by atoms with Gasteiger partial charge in [0.25, 0.3) is 5.69 Å². The van der Waals surface area contributed by atoms with E-state index < -0.39 is 10.7 Å². The summed E-state index contributed by atoms with van der Waals surface area (Å²) in [5, 5.41) is 19.6. The van der Waals surface area contributed by atoms with E-state index in [-0.39, 0.29) is 12.3 Å². The molecule has 0 radical (unpaired) electrons. The molecule has 1 aliphatic rings. The molecule has 1 heterocycles. The molecule has 0 unspecified atom stereocenters. The van der Waals surface area contributed by atoms with Gasteiger partial charge in [-0.25, -0.2) is 4.39 Å². The number of aliphatic hydroxyl groups is 1. The lowest BCUT2D eigenvalue weighted by atomic mass is 10.2. The number of nitro groups is 1. The molecule has 0 saturated carbocycles. The van der Waals surface area contributed by atoms with Gasteiger partial charge in [-0.15, -0.1) is 0 Å². The largest absolute Gasteiger partial charge is 0.395 e. The number of anilines is 1. The van der Waals surface area contributed by atoms with E-state index in [9.17, 15) is 14.5 Å². The van der Waals surface area contributed by atoms with Gasteiger partial charge in [-0.05, 0) is 15.9 Å². The second-order valence-corrected chi connectivity index (χ2v) is 5.42. The molecule has 8 heteroatoms. The van der Waals surface area contributed by atoms with Crippen LogP contribution < -0.4 is 4.90 Å². The predicted octanol–water partition coefficient (Wildman–Crippen LogP) is 1.61. The molecule has 0 spiro atoms. The van der Waals surface area contributed by atoms with Gasteiger partial charge >= 0.3 is 0 Å². The van der Waals surface area contributed by atoms with E-state index in [0.29, 0.717) is 29.8 Å². The number of β-amino-alcohol motifs (C(OH)–C–C–N with tert-alkyl or cyclic N) is 1. The van der Waals surface area contributed by atoms with Crippen molar-refractivity contribution in [2.45, 2.75) is 0 Å². The Morgan fingerprint density at radius 1 is 1.35 bits per heavy atom. The zero-order chi connectivity index (χ0) is 14.7. The Hall–Kier alpha value is -1.25. The van der Waals surface area contributed by atoms with Gasteiger partial charge in [-0.3, -0.25) is 15.0 Å². The van der Waals surface area contributed by atoms with E-state index in [1.165, 1.54) is 6.07 Å². The van der Waals surface area contributed by atoms with E-state index in [1.807, 2.05) is 4.90 Å². The molecule has 0 atom stereocenters. The number of piperazine rings is 1. The Morgan fingerprint density at radius 2 is 2.00 bits per heavy atom. The minimum absolute atomic E-state index is 0.107. The second-order valence-electron chi connectivity index (χ2n) is 4.57. The van der Waals surface area contributed by atoms with E-state index in [0.717, 1.165) is 19.2 Å². The molecule has 6 nitrogen and oxygen atoms in total. The van der Waals surface area contributed by atoms with E-state index in [1.54, 1.807) is 0 Å². The van der Waals surface area contributed by atoms with Crippen LogP contribution in [-0.4, -0.2) is 54.3 Å². The van der Waals surface area contributed by atoms with Crippen molar-refractivity contribution < 1.29 is 14.4 Å². The third-order valence-corrected chi connectivity index (χ3v) is 3.92. The predicted molar refractivity (Wildman–Crippen MR) is 76.5 cm³/mol. The van der Waals surface area contributed by atoms with Crippen LogP contribution in [0.2, 0.25) is 0 Å². The SMILES string of the molecule is O=[N+]([O-])c1cc(F)c(N2CCN(CCO)CC2)c(Br)c1. The van der Waals surface area contributed by atoms with Gasteiger partial charge < -0.3 is 10.0 Å². The lowest BCUT2D eigenvalue weighted by Gasteiger charge is -2.36. The van der Waals surface area contributed by atoms with Crippen LogP contribution in [0.5, 0.6) is 0 Å². The summed E-state index contributed by atoms with van der Waals surface area (Å²) in [6.45, 7) is 3.40. The maximum atomic E-state index is 14.1. The lowest BCUT2D eigenvalue weighted by molar-refractivity contribution is -0.385. The number of aliphatic hydroxyl groups excluding tert-OH is 1. The van der Waals surface area contributed by atoms with Crippen molar-refractivity contribution in [3.8, 4) is 0 Å². The average Bonchev–Trinajstić information content (AvgIpc) is 2.40. The average molecular weight is 348 g/mol. The van der Waals surface area contributed by atoms with Crippen molar-refractivity contribution in [2.24, 2.45) is 0 Å². The molecule has 1 N–H and O–H groups in total. The van der Waals surface area contributed by atoms with Crippen molar-refractivity contribution in [1.29, 1.82) is 0 Å². The van der Waals surface area contributed by atoms with Crippen LogP contribution in [0, 0.1) is 15.9 Å². The summed E-state index contributed by atoms with van der Waals surface area (Å²) < 4.78 is 14.5. The summed E-state index contributed by atoms with van der Waals surface area (Å²) >= 11 is 3.21. The standard InChI is InChI=1S/C12H15BrFN3O3/c13-10-7-9(17(19)20)8-11(14)12(10)16-3-1-15(2-4-16)5-6-18/h7-8,18H,1-6H2. The first-order valence-corrected chi connectivity index (χ1v) is 7.04. The van der Waals surface area contributed by atoms with Crippen molar-refractivity contribution in [3.05, 3.63) is 32.5 Å². The van der Waals surface area contributed by atoms with Gasteiger partial charge in [-0.2, -0.15) is 0 Å². The summed E-state index contributed by atoms with van der Waals surface area (Å²) in [7, 11) is 0. The lowest BCUT2D eigenvalue weighted by Crippen LogP contribution is -2.47. The monoisotopic (exact) mass is 347 g/mol. The molecule has 0 aromatic heterocycles. The number of halogens is 2. The Balaban J connectivity index is 2.16. The summed E-state index contributed by atoms with van der Waals surface area (Å²) in [5.41, 5.74) is 0.0938. The van der Waals surface area contributed by atoms with Crippen molar-refractivity contribution in [1.82, 2.24) is 4.90 Å². The van der Waals surface area contributed by atoms with Crippen LogP contribution in [0.15, 0.2) is 16.6 Å². The highest BCUT2D eigenvalue weighted by molar-refractivity contribution is 9.10. The van der Waals surface area contributed by atoms with E-state index in [2.05, 4.69) is 20.8 Å². The van der Waals surface area contributed by atoms with Gasteiger partial charge in [-0.1, -0.05) is 0 Å². The van der Waals surface area contributed by atoms with Gasteiger partial charge in [0.15, 0.2) is 5.82 Å². The quantitative estimate of drug-likeness (QED) is 0.661. The number of hydrogen-bond donors (Lipinski definition) is 1. The first-order chi connectivity index (χ1) is 9.52. The molecule has 2 rings (SSSR count). The fourth-order valence-electron chi connectivity index (χ4n) is 2.30. The Labute approximate surface area is 124 Å². The summed E-state index contributed by atoms with van der Waals surface area (Å²) in [6.07, 6.45) is 0. The number of nitro benzene ring substituents is 1. The van der Waals surface area contributed by atoms with Crippen molar-refractivity contribution in [3.63, 3.8) is 0 Å². The molecule has 1 aliphatic heterocycles. The van der Waals surface area contributed by atoms with Crippen LogP contribution in [0.25, 0.3) is 0 Å². The van der Waals surface area contributed by atoms with Gasteiger partial charge in [0.05, 0.1) is 27.8 Å². The van der Waals surface area contributed by atoms with Gasteiger partial charge in [0.1, 0.15) is 0 Å². The minimum atomic E-state index is -0.614. The molecule has 1 aromatic rings. The zero-order valence-electron chi connectivity index (χ0n) is 10.8. The summed E-state index contributed by atoms with van der Waals surface area (Å²) in [4.78, 5) is 14.0. The molecule has 20 heavy (non-hydrogen) atoms. The highest BCUT2D eigenvalue weighted by Gasteiger charge is 2.23. The number of hydrogen-bond acceptors (Lipinski definition) is 5. The Bertz CT molecular complexity index is 484. The fourth-order valence-corrected chi connectivity index (χ4v) is 2.97. The Kier molecular flexibility index (Phi) is 4.90. The number of benzene rings is 1. The normalized spacial score (nSPS) is 16.4. The molecular formula is C12H15BrFN3O3.